The van der Waals surface area contributed by atoms with Crippen LogP contribution in [0.3, 0.4) is 0 Å². The smallest absolute Gasteiger partial charge is 0.335 e. The summed E-state index contributed by atoms with van der Waals surface area (Å²) in [6.07, 6.45) is 5.93. The van der Waals surface area contributed by atoms with Crippen molar-refractivity contribution in [3.05, 3.63) is 65.7 Å². The second-order valence-corrected chi connectivity index (χ2v) is 5.84. The van der Waals surface area contributed by atoms with Crippen molar-refractivity contribution in [1.82, 2.24) is 19.9 Å². The van der Waals surface area contributed by atoms with E-state index in [-0.39, 0.29) is 5.56 Å². The summed E-state index contributed by atoms with van der Waals surface area (Å²) < 4.78 is 0. The van der Waals surface area contributed by atoms with Crippen LogP contribution in [0.1, 0.15) is 28.5 Å². The zero-order valence-electron chi connectivity index (χ0n) is 14.6. The lowest BCUT2D eigenvalue weighted by Gasteiger charge is -2.17. The normalized spacial score (nSPS) is 10.5. The van der Waals surface area contributed by atoms with Crippen molar-refractivity contribution in [3.8, 4) is 11.4 Å². The first-order valence-electron chi connectivity index (χ1n) is 8.24. The molecule has 0 aliphatic heterocycles. The van der Waals surface area contributed by atoms with Crippen LogP contribution in [0.2, 0.25) is 0 Å². The maximum Gasteiger partial charge on any atom is 0.335 e. The first-order valence-corrected chi connectivity index (χ1v) is 8.24. The van der Waals surface area contributed by atoms with E-state index in [1.807, 2.05) is 24.2 Å². The highest BCUT2D eigenvalue weighted by Crippen LogP contribution is 2.18. The zero-order chi connectivity index (χ0) is 18.5. The number of hydrogen-bond donors (Lipinski definition) is 1. The second kappa shape index (κ2) is 7.69. The predicted octanol–water partition coefficient (Wildman–Crippen LogP) is 2.83. The van der Waals surface area contributed by atoms with E-state index in [0.717, 1.165) is 12.1 Å². The van der Waals surface area contributed by atoms with Gasteiger partial charge >= 0.3 is 5.97 Å². The van der Waals surface area contributed by atoms with Gasteiger partial charge in [-0.1, -0.05) is 13.0 Å². The summed E-state index contributed by atoms with van der Waals surface area (Å²) in [6.45, 7) is 2.66. The summed E-state index contributed by atoms with van der Waals surface area (Å²) in [4.78, 5) is 30.5. The molecule has 0 unspecified atom stereocenters. The Bertz CT molecular complexity index is 912. The van der Waals surface area contributed by atoms with Crippen LogP contribution in [0.15, 0.2) is 48.9 Å². The molecule has 0 fully saturated rings. The molecule has 0 aliphatic carbocycles. The molecule has 0 saturated carbocycles. The van der Waals surface area contributed by atoms with Gasteiger partial charge in [-0.15, -0.1) is 0 Å². The SMILES string of the molecule is CCc1ccc(CN(C)c2nccc(-c3cc(C(=O)O)ccn3)n2)nc1. The maximum atomic E-state index is 11.1. The van der Waals surface area contributed by atoms with E-state index >= 15 is 0 Å². The van der Waals surface area contributed by atoms with Crippen molar-refractivity contribution in [1.29, 1.82) is 0 Å². The molecule has 7 heteroatoms. The number of pyridine rings is 2. The molecule has 1 N–H and O–H groups in total. The zero-order valence-corrected chi connectivity index (χ0v) is 14.6. The molecule has 0 bridgehead atoms. The van der Waals surface area contributed by atoms with Crippen LogP contribution in [-0.2, 0) is 13.0 Å². The first kappa shape index (κ1) is 17.5. The minimum atomic E-state index is -0.998. The lowest BCUT2D eigenvalue weighted by molar-refractivity contribution is 0.0697. The topological polar surface area (TPSA) is 92.1 Å². The number of aryl methyl sites for hydroxylation is 1. The number of aromatic nitrogens is 4. The Morgan fingerprint density at radius 3 is 2.58 bits per heavy atom. The molecule has 3 aromatic rings. The minimum absolute atomic E-state index is 0.170. The molecule has 0 atom stereocenters. The molecule has 3 rings (SSSR count). The van der Waals surface area contributed by atoms with Crippen LogP contribution in [-0.4, -0.2) is 38.1 Å². The summed E-state index contributed by atoms with van der Waals surface area (Å²) in [6, 6.07) is 8.72. The van der Waals surface area contributed by atoms with Gasteiger partial charge in [-0.2, -0.15) is 0 Å². The molecular weight excluding hydrogens is 330 g/mol. The summed E-state index contributed by atoms with van der Waals surface area (Å²) in [5, 5.41) is 9.12. The number of aromatic carboxylic acids is 1. The lowest BCUT2D eigenvalue weighted by atomic mass is 10.2. The molecule has 26 heavy (non-hydrogen) atoms. The number of carboxylic acid groups (broad SMARTS) is 1. The Morgan fingerprint density at radius 1 is 1.08 bits per heavy atom. The Kier molecular flexibility index (Phi) is 5.17. The number of carboxylic acids is 1. The molecule has 0 aliphatic rings. The predicted molar refractivity (Wildman–Crippen MR) is 97.9 cm³/mol. The van der Waals surface area contributed by atoms with Crippen LogP contribution >= 0.6 is 0 Å². The number of nitrogens with zero attached hydrogens (tertiary/aromatic N) is 5. The second-order valence-electron chi connectivity index (χ2n) is 5.84. The van der Waals surface area contributed by atoms with Crippen molar-refractivity contribution < 1.29 is 9.90 Å². The van der Waals surface area contributed by atoms with E-state index in [4.69, 9.17) is 5.11 Å². The summed E-state index contributed by atoms with van der Waals surface area (Å²) >= 11 is 0. The van der Waals surface area contributed by atoms with Gasteiger partial charge in [0.1, 0.15) is 0 Å². The lowest BCUT2D eigenvalue weighted by Crippen LogP contribution is -2.20. The number of hydrogen-bond acceptors (Lipinski definition) is 6. The monoisotopic (exact) mass is 349 g/mol. The molecule has 0 saturated heterocycles. The van der Waals surface area contributed by atoms with Crippen molar-refractivity contribution in [2.45, 2.75) is 19.9 Å². The van der Waals surface area contributed by atoms with Gasteiger partial charge in [0.25, 0.3) is 0 Å². The van der Waals surface area contributed by atoms with Crippen LogP contribution < -0.4 is 4.90 Å². The van der Waals surface area contributed by atoms with E-state index in [1.165, 1.54) is 23.9 Å². The average molecular weight is 349 g/mol. The molecule has 132 valence electrons. The van der Waals surface area contributed by atoms with Crippen LogP contribution in [0.5, 0.6) is 0 Å². The number of rotatable bonds is 6. The maximum absolute atomic E-state index is 11.1. The van der Waals surface area contributed by atoms with Gasteiger partial charge < -0.3 is 10.0 Å². The summed E-state index contributed by atoms with van der Waals surface area (Å²) in [5.41, 5.74) is 3.35. The third-order valence-corrected chi connectivity index (χ3v) is 3.95. The molecule has 0 aromatic carbocycles. The fraction of sp³-hybridized carbons (Fsp3) is 0.211. The summed E-state index contributed by atoms with van der Waals surface area (Å²) in [5.74, 6) is -0.479. The quantitative estimate of drug-likeness (QED) is 0.731. The van der Waals surface area contributed by atoms with Gasteiger partial charge in [-0.25, -0.2) is 14.8 Å². The third-order valence-electron chi connectivity index (χ3n) is 3.95. The van der Waals surface area contributed by atoms with Gasteiger partial charge in [0.15, 0.2) is 0 Å². The van der Waals surface area contributed by atoms with E-state index in [0.29, 0.717) is 23.9 Å². The molecule has 0 radical (unpaired) electrons. The molecular formula is C19H19N5O2. The van der Waals surface area contributed by atoms with E-state index in [2.05, 4.69) is 32.9 Å². The fourth-order valence-electron chi connectivity index (χ4n) is 2.45. The molecule has 0 amide bonds. The van der Waals surface area contributed by atoms with Crippen molar-refractivity contribution in [2.75, 3.05) is 11.9 Å². The standard InChI is InChI=1S/C19H19N5O2/c1-3-13-4-5-15(22-11-13)12-24(2)19-21-9-7-16(23-19)17-10-14(18(25)26)6-8-20-17/h4-11H,3,12H2,1-2H3,(H,25,26). The molecule has 3 aromatic heterocycles. The fourth-order valence-corrected chi connectivity index (χ4v) is 2.45. The Morgan fingerprint density at radius 2 is 1.88 bits per heavy atom. The first-order chi connectivity index (χ1) is 12.6. The Hall–Kier alpha value is -3.35. The number of carbonyl (C=O) groups is 1. The molecule has 3 heterocycles. The van der Waals surface area contributed by atoms with Crippen LogP contribution in [0.25, 0.3) is 11.4 Å². The van der Waals surface area contributed by atoms with E-state index in [1.54, 1.807) is 12.3 Å². The van der Waals surface area contributed by atoms with Crippen molar-refractivity contribution in [2.24, 2.45) is 0 Å². The Labute approximate surface area is 151 Å². The van der Waals surface area contributed by atoms with Crippen LogP contribution in [0.4, 0.5) is 5.95 Å². The average Bonchev–Trinajstić information content (AvgIpc) is 2.68. The summed E-state index contributed by atoms with van der Waals surface area (Å²) in [7, 11) is 1.88. The van der Waals surface area contributed by atoms with E-state index in [9.17, 15) is 4.79 Å². The van der Waals surface area contributed by atoms with Crippen LogP contribution in [0, 0.1) is 0 Å². The molecule has 7 nitrogen and oxygen atoms in total. The van der Waals surface area contributed by atoms with Crippen molar-refractivity contribution in [3.63, 3.8) is 0 Å². The number of anilines is 1. The Balaban J connectivity index is 1.81. The minimum Gasteiger partial charge on any atom is -0.478 e. The third kappa shape index (κ3) is 4.00. The van der Waals surface area contributed by atoms with Gasteiger partial charge in [-0.3, -0.25) is 9.97 Å². The highest BCUT2D eigenvalue weighted by atomic mass is 16.4. The molecule has 0 spiro atoms. The van der Waals surface area contributed by atoms with Crippen molar-refractivity contribution >= 4 is 11.9 Å². The van der Waals surface area contributed by atoms with E-state index < -0.39 is 5.97 Å². The highest BCUT2D eigenvalue weighted by Gasteiger charge is 2.11. The van der Waals surface area contributed by atoms with Gasteiger partial charge in [0.2, 0.25) is 5.95 Å². The van der Waals surface area contributed by atoms with Gasteiger partial charge in [-0.05, 0) is 36.2 Å². The van der Waals surface area contributed by atoms with Gasteiger partial charge in [0.05, 0.1) is 29.2 Å². The highest BCUT2D eigenvalue weighted by molar-refractivity contribution is 5.88. The van der Waals surface area contributed by atoms with Gasteiger partial charge in [0, 0.05) is 25.6 Å². The largest absolute Gasteiger partial charge is 0.478 e.